The first-order chi connectivity index (χ1) is 12.1. The van der Waals surface area contributed by atoms with Crippen LogP contribution in [0.5, 0.6) is 5.75 Å². The molecule has 3 aromatic rings. The lowest BCUT2D eigenvalue weighted by atomic mass is 10.1. The van der Waals surface area contributed by atoms with Gasteiger partial charge in [-0.2, -0.15) is 9.90 Å². The van der Waals surface area contributed by atoms with E-state index in [0.29, 0.717) is 17.1 Å². The highest BCUT2D eigenvalue weighted by Gasteiger charge is 2.17. The number of nitrogens with one attached hydrogen (secondary N) is 1. The SMILES string of the molecule is COc1ccc(C(=O)c2nccn2CC(=O)Nc2cnn(C)n2)cc1. The molecule has 0 aliphatic heterocycles. The molecular formula is C16H16N6O3. The summed E-state index contributed by atoms with van der Waals surface area (Å²) in [5.41, 5.74) is 0.461. The van der Waals surface area contributed by atoms with Gasteiger partial charge in [-0.3, -0.25) is 9.59 Å². The number of hydrogen-bond acceptors (Lipinski definition) is 6. The van der Waals surface area contributed by atoms with E-state index in [1.54, 1.807) is 44.6 Å². The van der Waals surface area contributed by atoms with Crippen molar-refractivity contribution in [1.29, 1.82) is 0 Å². The highest BCUT2D eigenvalue weighted by Crippen LogP contribution is 2.14. The number of nitrogens with zero attached hydrogens (tertiary/aromatic N) is 5. The third-order valence-corrected chi connectivity index (χ3v) is 3.45. The number of ether oxygens (including phenoxy) is 1. The van der Waals surface area contributed by atoms with Crippen LogP contribution in [-0.4, -0.2) is 43.3 Å². The number of carbonyl (C=O) groups excluding carboxylic acids is 2. The summed E-state index contributed by atoms with van der Waals surface area (Å²) >= 11 is 0. The third kappa shape index (κ3) is 3.71. The molecule has 0 aliphatic rings. The molecule has 0 spiro atoms. The Labute approximate surface area is 143 Å². The molecule has 128 valence electrons. The molecule has 9 heteroatoms. The predicted octanol–water partition coefficient (Wildman–Crippen LogP) is 0.890. The van der Waals surface area contributed by atoms with Gasteiger partial charge in [0.25, 0.3) is 0 Å². The van der Waals surface area contributed by atoms with Gasteiger partial charge in [-0.15, -0.1) is 5.10 Å². The van der Waals surface area contributed by atoms with Crippen LogP contribution >= 0.6 is 0 Å². The normalized spacial score (nSPS) is 10.5. The lowest BCUT2D eigenvalue weighted by molar-refractivity contribution is -0.116. The summed E-state index contributed by atoms with van der Waals surface area (Å²) in [4.78, 5) is 30.1. The summed E-state index contributed by atoms with van der Waals surface area (Å²) in [5, 5.41) is 10.5. The summed E-state index contributed by atoms with van der Waals surface area (Å²) < 4.78 is 6.56. The van der Waals surface area contributed by atoms with E-state index >= 15 is 0 Å². The zero-order valence-electron chi connectivity index (χ0n) is 13.7. The maximum absolute atomic E-state index is 12.6. The quantitative estimate of drug-likeness (QED) is 0.668. The van der Waals surface area contributed by atoms with Crippen LogP contribution in [0.1, 0.15) is 16.2 Å². The number of carbonyl (C=O) groups is 2. The highest BCUT2D eigenvalue weighted by atomic mass is 16.5. The smallest absolute Gasteiger partial charge is 0.245 e. The minimum absolute atomic E-state index is 0.0617. The van der Waals surface area contributed by atoms with Crippen LogP contribution in [-0.2, 0) is 18.4 Å². The number of ketones is 1. The van der Waals surface area contributed by atoms with Gasteiger partial charge in [0.1, 0.15) is 12.3 Å². The van der Waals surface area contributed by atoms with Gasteiger partial charge in [0.2, 0.25) is 11.7 Å². The number of methoxy groups -OCH3 is 1. The Hall–Kier alpha value is -3.49. The van der Waals surface area contributed by atoms with Crippen LogP contribution < -0.4 is 10.1 Å². The summed E-state index contributed by atoms with van der Waals surface area (Å²) in [7, 11) is 3.20. The van der Waals surface area contributed by atoms with E-state index in [0.717, 1.165) is 0 Å². The number of hydrogen-bond donors (Lipinski definition) is 1. The molecule has 1 N–H and O–H groups in total. The Balaban J connectivity index is 1.73. The second kappa shape index (κ2) is 6.95. The average Bonchev–Trinajstić information content (AvgIpc) is 3.23. The first-order valence-corrected chi connectivity index (χ1v) is 7.43. The second-order valence-corrected chi connectivity index (χ2v) is 5.20. The molecule has 9 nitrogen and oxygen atoms in total. The maximum Gasteiger partial charge on any atom is 0.245 e. The zero-order chi connectivity index (χ0) is 17.8. The van der Waals surface area contributed by atoms with Gasteiger partial charge in [-0.25, -0.2) is 4.98 Å². The van der Waals surface area contributed by atoms with Crippen molar-refractivity contribution in [3.05, 3.63) is 54.2 Å². The molecule has 0 radical (unpaired) electrons. The van der Waals surface area contributed by atoms with Gasteiger partial charge in [0, 0.05) is 25.0 Å². The molecule has 0 saturated heterocycles. The van der Waals surface area contributed by atoms with Crippen LogP contribution in [0, 0.1) is 0 Å². The molecular weight excluding hydrogens is 324 g/mol. The first kappa shape index (κ1) is 16.4. The topological polar surface area (TPSA) is 104 Å². The predicted molar refractivity (Wildman–Crippen MR) is 88.3 cm³/mol. The van der Waals surface area contributed by atoms with E-state index in [1.807, 2.05) is 0 Å². The largest absolute Gasteiger partial charge is 0.497 e. The fourth-order valence-electron chi connectivity index (χ4n) is 2.26. The Morgan fingerprint density at radius 2 is 2.00 bits per heavy atom. The Morgan fingerprint density at radius 1 is 1.24 bits per heavy atom. The van der Waals surface area contributed by atoms with Crippen LogP contribution in [0.25, 0.3) is 0 Å². The van der Waals surface area contributed by atoms with Crippen molar-refractivity contribution in [2.45, 2.75) is 6.54 Å². The van der Waals surface area contributed by atoms with Crippen LogP contribution in [0.3, 0.4) is 0 Å². The number of rotatable bonds is 6. The van der Waals surface area contributed by atoms with E-state index in [-0.39, 0.29) is 24.1 Å². The first-order valence-electron chi connectivity index (χ1n) is 7.43. The van der Waals surface area contributed by atoms with Crippen molar-refractivity contribution >= 4 is 17.5 Å². The Bertz CT molecular complexity index is 897. The monoisotopic (exact) mass is 340 g/mol. The van der Waals surface area contributed by atoms with Gasteiger partial charge in [-0.1, -0.05) is 0 Å². The molecule has 2 aromatic heterocycles. The molecule has 0 unspecified atom stereocenters. The molecule has 1 amide bonds. The lowest BCUT2D eigenvalue weighted by Crippen LogP contribution is -2.22. The van der Waals surface area contributed by atoms with Crippen LogP contribution in [0.4, 0.5) is 5.82 Å². The van der Waals surface area contributed by atoms with Gasteiger partial charge >= 0.3 is 0 Å². The van der Waals surface area contributed by atoms with Gasteiger partial charge in [0.05, 0.1) is 13.3 Å². The van der Waals surface area contributed by atoms with Crippen molar-refractivity contribution < 1.29 is 14.3 Å². The molecule has 0 fully saturated rings. The Morgan fingerprint density at radius 3 is 2.64 bits per heavy atom. The molecule has 1 aromatic carbocycles. The van der Waals surface area contributed by atoms with Crippen molar-refractivity contribution in [2.24, 2.45) is 7.05 Å². The lowest BCUT2D eigenvalue weighted by Gasteiger charge is -2.07. The van der Waals surface area contributed by atoms with Gasteiger partial charge in [0.15, 0.2) is 11.6 Å². The number of benzene rings is 1. The zero-order valence-corrected chi connectivity index (χ0v) is 13.7. The highest BCUT2D eigenvalue weighted by molar-refractivity contribution is 6.07. The van der Waals surface area contributed by atoms with E-state index in [9.17, 15) is 9.59 Å². The van der Waals surface area contributed by atoms with Gasteiger partial charge < -0.3 is 14.6 Å². The molecule has 3 rings (SSSR count). The molecule has 0 aliphatic carbocycles. The van der Waals surface area contributed by atoms with Crippen LogP contribution in [0.15, 0.2) is 42.9 Å². The van der Waals surface area contributed by atoms with E-state index < -0.39 is 0 Å². The summed E-state index contributed by atoms with van der Waals surface area (Å²) in [6.07, 6.45) is 4.49. The van der Waals surface area contributed by atoms with Crippen LogP contribution in [0.2, 0.25) is 0 Å². The fraction of sp³-hybridized carbons (Fsp3) is 0.188. The fourth-order valence-corrected chi connectivity index (χ4v) is 2.26. The standard InChI is InChI=1S/C16H16N6O3/c1-21-18-9-13(20-21)19-14(23)10-22-8-7-17-16(22)15(24)11-3-5-12(25-2)6-4-11/h3-9H,10H2,1-2H3,(H,19,20,23). The number of aromatic nitrogens is 5. The number of amides is 1. The van der Waals surface area contributed by atoms with Gasteiger partial charge in [-0.05, 0) is 24.3 Å². The average molecular weight is 340 g/mol. The third-order valence-electron chi connectivity index (χ3n) is 3.45. The number of imidazole rings is 1. The Kier molecular flexibility index (Phi) is 4.55. The van der Waals surface area contributed by atoms with E-state index in [2.05, 4.69) is 20.5 Å². The van der Waals surface area contributed by atoms with Crippen molar-refractivity contribution in [2.75, 3.05) is 12.4 Å². The molecule has 25 heavy (non-hydrogen) atoms. The second-order valence-electron chi connectivity index (χ2n) is 5.20. The summed E-state index contributed by atoms with van der Waals surface area (Å²) in [5.74, 6) is 0.570. The minimum Gasteiger partial charge on any atom is -0.497 e. The van der Waals surface area contributed by atoms with Crippen molar-refractivity contribution in [1.82, 2.24) is 24.5 Å². The summed E-state index contributed by atoms with van der Waals surface area (Å²) in [6, 6.07) is 6.70. The maximum atomic E-state index is 12.6. The van der Waals surface area contributed by atoms with Crippen molar-refractivity contribution in [3.63, 3.8) is 0 Å². The number of aryl methyl sites for hydroxylation is 1. The van der Waals surface area contributed by atoms with E-state index in [4.69, 9.17) is 4.74 Å². The molecule has 2 heterocycles. The molecule has 0 bridgehead atoms. The minimum atomic E-state index is -0.331. The van der Waals surface area contributed by atoms with E-state index in [1.165, 1.54) is 21.8 Å². The molecule has 0 saturated carbocycles. The van der Waals surface area contributed by atoms with Crippen molar-refractivity contribution in [3.8, 4) is 5.75 Å². The molecule has 0 atom stereocenters. The number of anilines is 1. The summed E-state index contributed by atoms with van der Waals surface area (Å²) in [6.45, 7) is -0.0617.